The third kappa shape index (κ3) is 4.22. The Kier molecular flexibility index (Phi) is 5.62. The number of nitrogens with zero attached hydrogens (tertiary/aromatic N) is 2. The molecule has 0 unspecified atom stereocenters. The molecule has 2 aromatic carbocycles. The summed E-state index contributed by atoms with van der Waals surface area (Å²) in [5, 5.41) is 0. The third-order valence-electron chi connectivity index (χ3n) is 4.54. The summed E-state index contributed by atoms with van der Waals surface area (Å²) in [6, 6.07) is 18.6. The van der Waals surface area contributed by atoms with Crippen molar-refractivity contribution in [3.63, 3.8) is 0 Å². The number of hydrogen-bond acceptors (Lipinski definition) is 3. The Hall–Kier alpha value is -2.17. The first-order valence-electron chi connectivity index (χ1n) is 8.57. The van der Waals surface area contributed by atoms with Crippen LogP contribution in [0, 0.1) is 0 Å². The van der Waals surface area contributed by atoms with Gasteiger partial charge in [0.1, 0.15) is 0 Å². The molecular formula is C20H25N3O. The van der Waals surface area contributed by atoms with E-state index in [0.717, 1.165) is 32.6 Å². The minimum Gasteiger partial charge on any atom is -0.337 e. The van der Waals surface area contributed by atoms with Crippen LogP contribution in [0.2, 0.25) is 0 Å². The fourth-order valence-corrected chi connectivity index (χ4v) is 3.24. The van der Waals surface area contributed by atoms with E-state index in [4.69, 9.17) is 5.73 Å². The Labute approximate surface area is 143 Å². The van der Waals surface area contributed by atoms with Crippen LogP contribution in [0.3, 0.4) is 0 Å². The molecule has 4 nitrogen and oxygen atoms in total. The lowest BCUT2D eigenvalue weighted by Crippen LogP contribution is -2.43. The molecule has 1 aliphatic rings. The maximum absolute atomic E-state index is 12.7. The Morgan fingerprint density at radius 2 is 1.75 bits per heavy atom. The van der Waals surface area contributed by atoms with Gasteiger partial charge in [-0.05, 0) is 23.1 Å². The summed E-state index contributed by atoms with van der Waals surface area (Å²) in [5.41, 5.74) is 9.58. The second kappa shape index (κ2) is 8.08. The molecule has 0 saturated carbocycles. The van der Waals surface area contributed by atoms with E-state index in [9.17, 15) is 4.79 Å². The van der Waals surface area contributed by atoms with E-state index in [2.05, 4.69) is 35.2 Å². The maximum atomic E-state index is 12.7. The van der Waals surface area contributed by atoms with Crippen LogP contribution in [0.1, 0.15) is 16.7 Å². The molecule has 0 bridgehead atoms. The largest absolute Gasteiger partial charge is 0.337 e. The van der Waals surface area contributed by atoms with Gasteiger partial charge < -0.3 is 10.6 Å². The first kappa shape index (κ1) is 16.7. The van der Waals surface area contributed by atoms with Crippen LogP contribution in [-0.2, 0) is 24.3 Å². The topological polar surface area (TPSA) is 49.6 Å². The summed E-state index contributed by atoms with van der Waals surface area (Å²) >= 11 is 0. The molecule has 0 radical (unpaired) electrons. The summed E-state index contributed by atoms with van der Waals surface area (Å²) in [6.45, 7) is 3.99. The lowest BCUT2D eigenvalue weighted by Gasteiger charge is -2.31. The van der Waals surface area contributed by atoms with Crippen molar-refractivity contribution in [2.75, 3.05) is 26.2 Å². The monoisotopic (exact) mass is 323 g/mol. The van der Waals surface area contributed by atoms with Crippen molar-refractivity contribution in [1.29, 1.82) is 0 Å². The molecule has 0 aliphatic carbocycles. The van der Waals surface area contributed by atoms with E-state index in [1.54, 1.807) is 0 Å². The van der Waals surface area contributed by atoms with Crippen molar-refractivity contribution in [1.82, 2.24) is 9.80 Å². The number of carbonyl (C=O) groups excluding carboxylic acids is 1. The SMILES string of the molecule is NCCN(CC(=O)N1CCc2ccccc2C1)Cc1ccccc1. The van der Waals surface area contributed by atoms with Crippen molar-refractivity contribution >= 4 is 5.91 Å². The van der Waals surface area contributed by atoms with Crippen LogP contribution >= 0.6 is 0 Å². The smallest absolute Gasteiger partial charge is 0.237 e. The van der Waals surface area contributed by atoms with Gasteiger partial charge in [-0.3, -0.25) is 9.69 Å². The highest BCUT2D eigenvalue weighted by Crippen LogP contribution is 2.18. The first-order valence-corrected chi connectivity index (χ1v) is 8.57. The summed E-state index contributed by atoms with van der Waals surface area (Å²) < 4.78 is 0. The van der Waals surface area contributed by atoms with Gasteiger partial charge in [0.15, 0.2) is 0 Å². The molecule has 2 aromatic rings. The van der Waals surface area contributed by atoms with Crippen LogP contribution in [0.15, 0.2) is 54.6 Å². The Bertz CT molecular complexity index is 672. The van der Waals surface area contributed by atoms with E-state index in [-0.39, 0.29) is 5.91 Å². The van der Waals surface area contributed by atoms with Gasteiger partial charge in [-0.25, -0.2) is 0 Å². The van der Waals surface area contributed by atoms with Gasteiger partial charge in [-0.15, -0.1) is 0 Å². The normalized spacial score (nSPS) is 13.8. The average molecular weight is 323 g/mol. The van der Waals surface area contributed by atoms with Crippen molar-refractivity contribution in [2.45, 2.75) is 19.5 Å². The zero-order valence-corrected chi connectivity index (χ0v) is 14.0. The van der Waals surface area contributed by atoms with E-state index in [1.807, 2.05) is 29.2 Å². The van der Waals surface area contributed by atoms with Gasteiger partial charge in [0.25, 0.3) is 0 Å². The first-order chi connectivity index (χ1) is 11.8. The van der Waals surface area contributed by atoms with Crippen LogP contribution in [0.5, 0.6) is 0 Å². The van der Waals surface area contributed by atoms with Gasteiger partial charge in [0, 0.05) is 32.7 Å². The number of amides is 1. The molecule has 4 heteroatoms. The lowest BCUT2D eigenvalue weighted by molar-refractivity contribution is -0.133. The highest BCUT2D eigenvalue weighted by molar-refractivity contribution is 5.78. The van der Waals surface area contributed by atoms with E-state index in [1.165, 1.54) is 16.7 Å². The summed E-state index contributed by atoms with van der Waals surface area (Å²) in [6.07, 6.45) is 0.942. The summed E-state index contributed by atoms with van der Waals surface area (Å²) in [4.78, 5) is 16.8. The zero-order valence-electron chi connectivity index (χ0n) is 14.0. The molecule has 0 saturated heterocycles. The Balaban J connectivity index is 1.61. The number of fused-ring (bicyclic) bond motifs is 1. The molecule has 1 aliphatic heterocycles. The van der Waals surface area contributed by atoms with Crippen LogP contribution in [0.25, 0.3) is 0 Å². The zero-order chi connectivity index (χ0) is 16.8. The molecular weight excluding hydrogens is 298 g/mol. The second-order valence-corrected chi connectivity index (χ2v) is 6.32. The van der Waals surface area contributed by atoms with Crippen LogP contribution in [0.4, 0.5) is 0 Å². The van der Waals surface area contributed by atoms with Crippen molar-refractivity contribution in [3.8, 4) is 0 Å². The molecule has 0 atom stereocenters. The molecule has 2 N–H and O–H groups in total. The summed E-state index contributed by atoms with van der Waals surface area (Å²) in [5.74, 6) is 0.189. The Morgan fingerprint density at radius 3 is 2.50 bits per heavy atom. The Morgan fingerprint density at radius 1 is 1.04 bits per heavy atom. The quantitative estimate of drug-likeness (QED) is 0.885. The molecule has 0 spiro atoms. The molecule has 0 fully saturated rings. The number of nitrogens with two attached hydrogens (primary N) is 1. The number of carbonyl (C=O) groups is 1. The standard InChI is InChI=1S/C20H25N3O/c21-11-13-22(14-17-6-2-1-3-7-17)16-20(24)23-12-10-18-8-4-5-9-19(18)15-23/h1-9H,10-16,21H2. The highest BCUT2D eigenvalue weighted by atomic mass is 16.2. The van der Waals surface area contributed by atoms with Gasteiger partial charge in [-0.2, -0.15) is 0 Å². The van der Waals surface area contributed by atoms with E-state index < -0.39 is 0 Å². The predicted octanol–water partition coefficient (Wildman–Crippen LogP) is 2.03. The number of rotatable bonds is 6. The van der Waals surface area contributed by atoms with Gasteiger partial charge >= 0.3 is 0 Å². The number of benzene rings is 2. The van der Waals surface area contributed by atoms with Crippen LogP contribution < -0.4 is 5.73 Å². The van der Waals surface area contributed by atoms with Crippen molar-refractivity contribution in [3.05, 3.63) is 71.3 Å². The van der Waals surface area contributed by atoms with Gasteiger partial charge in [0.05, 0.1) is 6.54 Å². The van der Waals surface area contributed by atoms with Gasteiger partial charge in [-0.1, -0.05) is 54.6 Å². The maximum Gasteiger partial charge on any atom is 0.237 e. The molecule has 1 heterocycles. The van der Waals surface area contributed by atoms with Crippen LogP contribution in [-0.4, -0.2) is 41.9 Å². The van der Waals surface area contributed by atoms with Crippen molar-refractivity contribution in [2.24, 2.45) is 5.73 Å². The molecule has 1 amide bonds. The fourth-order valence-electron chi connectivity index (χ4n) is 3.24. The average Bonchev–Trinajstić information content (AvgIpc) is 2.62. The minimum absolute atomic E-state index is 0.189. The molecule has 126 valence electrons. The molecule has 3 rings (SSSR count). The predicted molar refractivity (Wildman–Crippen MR) is 96.3 cm³/mol. The number of hydrogen-bond donors (Lipinski definition) is 1. The molecule has 0 aromatic heterocycles. The molecule has 24 heavy (non-hydrogen) atoms. The minimum atomic E-state index is 0.189. The summed E-state index contributed by atoms with van der Waals surface area (Å²) in [7, 11) is 0. The third-order valence-corrected chi connectivity index (χ3v) is 4.54. The second-order valence-electron chi connectivity index (χ2n) is 6.32. The lowest BCUT2D eigenvalue weighted by atomic mass is 10.00. The fraction of sp³-hybridized carbons (Fsp3) is 0.350. The van der Waals surface area contributed by atoms with E-state index in [0.29, 0.717) is 13.1 Å². The highest BCUT2D eigenvalue weighted by Gasteiger charge is 2.22. The van der Waals surface area contributed by atoms with Gasteiger partial charge in [0.2, 0.25) is 5.91 Å². The van der Waals surface area contributed by atoms with Crippen molar-refractivity contribution < 1.29 is 4.79 Å². The van der Waals surface area contributed by atoms with E-state index >= 15 is 0 Å².